The van der Waals surface area contributed by atoms with Crippen LogP contribution in [0.3, 0.4) is 0 Å². The van der Waals surface area contributed by atoms with Gasteiger partial charge in [-0.1, -0.05) is 0 Å². The number of halogens is 1. The Morgan fingerprint density at radius 3 is 2.88 bits per heavy atom. The number of nitrogens with zero attached hydrogens (tertiary/aromatic N) is 1. The Balaban J connectivity index is 0.00000128. The third-order valence-corrected chi connectivity index (χ3v) is 2.25. The minimum atomic E-state index is 0. The van der Waals surface area contributed by atoms with Crippen LogP contribution in [-0.2, 0) is 6.54 Å². The highest BCUT2D eigenvalue weighted by atomic mass is 35.5. The van der Waals surface area contributed by atoms with Gasteiger partial charge in [-0.25, -0.2) is 4.98 Å². The summed E-state index contributed by atoms with van der Waals surface area (Å²) in [5, 5.41) is 3.29. The maximum Gasteiger partial charge on any atom is 0.125 e. The van der Waals surface area contributed by atoms with Gasteiger partial charge in [0.05, 0.1) is 6.54 Å². The van der Waals surface area contributed by atoms with Gasteiger partial charge in [-0.3, -0.25) is 0 Å². The Labute approximate surface area is 101 Å². The Kier molecular flexibility index (Phi) is 4.19. The summed E-state index contributed by atoms with van der Waals surface area (Å²) >= 11 is 0. The fourth-order valence-corrected chi connectivity index (χ4v) is 1.46. The molecule has 0 aliphatic rings. The second-order valence-electron chi connectivity index (χ2n) is 3.46. The summed E-state index contributed by atoms with van der Waals surface area (Å²) in [5.74, 6) is 0.922. The molecule has 4 nitrogen and oxygen atoms in total. The first-order chi connectivity index (χ1) is 7.25. The summed E-state index contributed by atoms with van der Waals surface area (Å²) in [4.78, 5) is 7.18. The summed E-state index contributed by atoms with van der Waals surface area (Å²) in [7, 11) is 0. The molecule has 16 heavy (non-hydrogen) atoms. The van der Waals surface area contributed by atoms with Crippen molar-refractivity contribution in [1.82, 2.24) is 9.97 Å². The molecule has 0 spiro atoms. The zero-order chi connectivity index (χ0) is 10.7. The lowest BCUT2D eigenvalue weighted by Crippen LogP contribution is -2.02. The monoisotopic (exact) mass is 238 g/mol. The lowest BCUT2D eigenvalue weighted by atomic mass is 10.2. The largest absolute Gasteiger partial charge is 0.399 e. The van der Waals surface area contributed by atoms with Gasteiger partial charge in [0.25, 0.3) is 0 Å². The van der Waals surface area contributed by atoms with Crippen LogP contribution in [0.2, 0.25) is 0 Å². The van der Waals surface area contributed by atoms with Crippen LogP contribution in [0.1, 0.15) is 11.4 Å². The van der Waals surface area contributed by atoms with Gasteiger partial charge < -0.3 is 16.0 Å². The van der Waals surface area contributed by atoms with Crippen molar-refractivity contribution in [1.29, 1.82) is 0 Å². The zero-order valence-corrected chi connectivity index (χ0v) is 9.84. The van der Waals surface area contributed by atoms with E-state index in [4.69, 9.17) is 5.73 Å². The Hall–Kier alpha value is -1.68. The molecule has 1 aromatic carbocycles. The molecule has 0 saturated carbocycles. The molecule has 0 bridgehead atoms. The van der Waals surface area contributed by atoms with Crippen LogP contribution in [0.4, 0.5) is 11.4 Å². The number of aryl methyl sites for hydroxylation is 1. The topological polar surface area (TPSA) is 66.7 Å². The number of benzene rings is 1. The number of anilines is 2. The minimum absolute atomic E-state index is 0. The summed E-state index contributed by atoms with van der Waals surface area (Å²) in [6.07, 6.45) is 3.56. The number of nitrogens with two attached hydrogens (primary N) is 1. The number of hydrogen-bond acceptors (Lipinski definition) is 3. The van der Waals surface area contributed by atoms with Crippen LogP contribution in [0.15, 0.2) is 30.6 Å². The lowest BCUT2D eigenvalue weighted by molar-refractivity contribution is 0.998. The lowest BCUT2D eigenvalue weighted by Gasteiger charge is -2.08. The second-order valence-corrected chi connectivity index (χ2v) is 3.46. The number of imidazole rings is 1. The van der Waals surface area contributed by atoms with Gasteiger partial charge >= 0.3 is 0 Å². The molecular weight excluding hydrogens is 224 g/mol. The normalized spacial score (nSPS) is 9.56. The van der Waals surface area contributed by atoms with E-state index in [-0.39, 0.29) is 12.4 Å². The molecule has 0 aliphatic carbocycles. The van der Waals surface area contributed by atoms with Crippen LogP contribution in [0.25, 0.3) is 0 Å². The Morgan fingerprint density at radius 1 is 1.44 bits per heavy atom. The highest BCUT2D eigenvalue weighted by Crippen LogP contribution is 2.17. The van der Waals surface area contributed by atoms with E-state index < -0.39 is 0 Å². The molecule has 2 rings (SSSR count). The smallest absolute Gasteiger partial charge is 0.125 e. The van der Waals surface area contributed by atoms with E-state index in [0.29, 0.717) is 6.54 Å². The first kappa shape index (κ1) is 12.4. The van der Waals surface area contributed by atoms with Crippen molar-refractivity contribution in [2.75, 3.05) is 11.1 Å². The van der Waals surface area contributed by atoms with Gasteiger partial charge in [0, 0.05) is 23.8 Å². The van der Waals surface area contributed by atoms with E-state index >= 15 is 0 Å². The summed E-state index contributed by atoms with van der Waals surface area (Å²) in [6.45, 7) is 2.72. The van der Waals surface area contributed by atoms with E-state index in [1.165, 1.54) is 0 Å². The predicted octanol–water partition coefficient (Wildman–Crippen LogP) is 2.33. The third-order valence-electron chi connectivity index (χ3n) is 2.25. The molecule has 1 heterocycles. The molecule has 0 radical (unpaired) electrons. The number of rotatable bonds is 3. The van der Waals surface area contributed by atoms with Crippen LogP contribution < -0.4 is 11.1 Å². The number of aromatic nitrogens is 2. The van der Waals surface area contributed by atoms with E-state index in [9.17, 15) is 0 Å². The molecule has 86 valence electrons. The van der Waals surface area contributed by atoms with E-state index in [2.05, 4.69) is 15.3 Å². The zero-order valence-electron chi connectivity index (χ0n) is 9.03. The van der Waals surface area contributed by atoms with Gasteiger partial charge in [-0.05, 0) is 30.7 Å². The first-order valence-electron chi connectivity index (χ1n) is 4.84. The van der Waals surface area contributed by atoms with Gasteiger partial charge in [-0.2, -0.15) is 0 Å². The number of nitrogen functional groups attached to an aromatic ring is 1. The molecule has 0 aliphatic heterocycles. The molecule has 0 saturated heterocycles. The fraction of sp³-hybridized carbons (Fsp3) is 0.182. The molecule has 2 aromatic rings. The number of hydrogen-bond donors (Lipinski definition) is 3. The standard InChI is InChI=1S/C11H14N4.ClH/c1-8-6-9(12)2-3-10(8)15-7-11-13-4-5-14-11;/h2-6,15H,7,12H2,1H3,(H,13,14);1H. The van der Waals surface area contributed by atoms with E-state index in [1.54, 1.807) is 6.20 Å². The SMILES string of the molecule is Cc1cc(N)ccc1NCc1ncc[nH]1.Cl. The molecule has 0 unspecified atom stereocenters. The summed E-state index contributed by atoms with van der Waals surface area (Å²) in [6, 6.07) is 5.82. The molecule has 5 heteroatoms. The molecule has 4 N–H and O–H groups in total. The van der Waals surface area contributed by atoms with Crippen LogP contribution in [0.5, 0.6) is 0 Å². The Morgan fingerprint density at radius 2 is 2.25 bits per heavy atom. The summed E-state index contributed by atoms with van der Waals surface area (Å²) in [5.41, 5.74) is 8.68. The highest BCUT2D eigenvalue weighted by molar-refractivity contribution is 5.85. The van der Waals surface area contributed by atoms with Crippen LogP contribution in [-0.4, -0.2) is 9.97 Å². The second kappa shape index (κ2) is 5.42. The number of H-pyrrole nitrogens is 1. The quantitative estimate of drug-likeness (QED) is 0.719. The van der Waals surface area contributed by atoms with Gasteiger partial charge in [-0.15, -0.1) is 12.4 Å². The van der Waals surface area contributed by atoms with Crippen molar-refractivity contribution < 1.29 is 0 Å². The van der Waals surface area contributed by atoms with Crippen molar-refractivity contribution in [3.8, 4) is 0 Å². The summed E-state index contributed by atoms with van der Waals surface area (Å²) < 4.78 is 0. The van der Waals surface area contributed by atoms with E-state index in [0.717, 1.165) is 22.8 Å². The van der Waals surface area contributed by atoms with Crippen molar-refractivity contribution in [3.05, 3.63) is 42.0 Å². The number of aromatic amines is 1. The predicted molar refractivity (Wildman–Crippen MR) is 68.8 cm³/mol. The van der Waals surface area contributed by atoms with Crippen molar-refractivity contribution in [2.45, 2.75) is 13.5 Å². The van der Waals surface area contributed by atoms with Crippen LogP contribution >= 0.6 is 12.4 Å². The maximum atomic E-state index is 5.67. The Bertz CT molecular complexity index is 439. The van der Waals surface area contributed by atoms with Crippen LogP contribution in [0, 0.1) is 6.92 Å². The van der Waals surface area contributed by atoms with Gasteiger partial charge in [0.15, 0.2) is 0 Å². The third kappa shape index (κ3) is 2.90. The maximum absolute atomic E-state index is 5.67. The first-order valence-corrected chi connectivity index (χ1v) is 4.84. The van der Waals surface area contributed by atoms with E-state index in [1.807, 2.05) is 31.3 Å². The molecule has 0 amide bonds. The fourth-order valence-electron chi connectivity index (χ4n) is 1.46. The van der Waals surface area contributed by atoms with Gasteiger partial charge in [0.1, 0.15) is 5.82 Å². The molecule has 0 atom stereocenters. The minimum Gasteiger partial charge on any atom is -0.399 e. The van der Waals surface area contributed by atoms with Crippen molar-refractivity contribution >= 4 is 23.8 Å². The average Bonchev–Trinajstić information content (AvgIpc) is 2.69. The van der Waals surface area contributed by atoms with Crippen molar-refractivity contribution in [3.63, 3.8) is 0 Å². The average molecular weight is 239 g/mol. The van der Waals surface area contributed by atoms with Crippen molar-refractivity contribution in [2.24, 2.45) is 0 Å². The van der Waals surface area contributed by atoms with Gasteiger partial charge in [0.2, 0.25) is 0 Å². The molecular formula is C11H15ClN4. The highest BCUT2D eigenvalue weighted by Gasteiger charge is 1.99. The molecule has 1 aromatic heterocycles. The number of nitrogens with one attached hydrogen (secondary N) is 2. The molecule has 0 fully saturated rings.